The number of H-pyrrole nitrogens is 1. The summed E-state index contributed by atoms with van der Waals surface area (Å²) < 4.78 is 0.596. The van der Waals surface area contributed by atoms with Crippen molar-refractivity contribution in [1.29, 1.82) is 0 Å². The van der Waals surface area contributed by atoms with Crippen LogP contribution in [0.3, 0.4) is 0 Å². The zero-order valence-corrected chi connectivity index (χ0v) is 10.7. The van der Waals surface area contributed by atoms with E-state index in [1.807, 2.05) is 19.1 Å². The lowest BCUT2D eigenvalue weighted by atomic mass is 10.2. The quantitative estimate of drug-likeness (QED) is 0.846. The zero-order chi connectivity index (χ0) is 12.3. The molecule has 5 heteroatoms. The van der Waals surface area contributed by atoms with Gasteiger partial charge in [-0.2, -0.15) is 0 Å². The molecular weight excluding hydrogens is 232 g/mol. The molecule has 0 atom stereocenters. The van der Waals surface area contributed by atoms with Gasteiger partial charge in [0.25, 0.3) is 0 Å². The Hall–Kier alpha value is -1.62. The number of hydrogen-bond donors (Lipinski definition) is 1. The van der Waals surface area contributed by atoms with Gasteiger partial charge >= 0.3 is 0 Å². The third kappa shape index (κ3) is 2.94. The van der Waals surface area contributed by atoms with Gasteiger partial charge in [0.15, 0.2) is 5.82 Å². The molecule has 1 N–H and O–H groups in total. The van der Waals surface area contributed by atoms with Crippen molar-refractivity contribution in [3.8, 4) is 11.5 Å². The molecule has 0 saturated carbocycles. The Kier molecular flexibility index (Phi) is 3.58. The zero-order valence-electron chi connectivity index (χ0n) is 9.90. The van der Waals surface area contributed by atoms with Gasteiger partial charge in [-0.05, 0) is 25.5 Å². The number of hydrogen-bond acceptors (Lipinski definition) is 4. The third-order valence-corrected chi connectivity index (χ3v) is 2.55. The van der Waals surface area contributed by atoms with E-state index in [1.54, 1.807) is 6.20 Å². The highest BCUT2D eigenvalue weighted by Gasteiger charge is 2.04. The normalized spacial score (nSPS) is 10.5. The standard InChI is InChI=1S/C12H14N4S/c1-3-4-9-7-11(17)16-12(15-9)10-5-6-13-8(2)14-10/h5-7H,3-4H2,1-2H3,(H,15,16,17). The van der Waals surface area contributed by atoms with E-state index in [4.69, 9.17) is 12.2 Å². The maximum absolute atomic E-state index is 5.16. The SMILES string of the molecule is CCCc1cc(=S)nc(-c2ccnc(C)n2)[nH]1. The Bertz CT molecular complexity index is 577. The van der Waals surface area contributed by atoms with Crippen molar-refractivity contribution in [2.75, 3.05) is 0 Å². The van der Waals surface area contributed by atoms with Gasteiger partial charge in [0, 0.05) is 11.9 Å². The van der Waals surface area contributed by atoms with Gasteiger partial charge in [-0.1, -0.05) is 25.6 Å². The van der Waals surface area contributed by atoms with Crippen LogP contribution in [0.15, 0.2) is 18.3 Å². The van der Waals surface area contributed by atoms with Crippen LogP contribution in [0.4, 0.5) is 0 Å². The van der Waals surface area contributed by atoms with Gasteiger partial charge in [0.05, 0.1) is 0 Å². The molecular formula is C12H14N4S. The second-order valence-electron chi connectivity index (χ2n) is 3.83. The van der Waals surface area contributed by atoms with E-state index in [0.717, 1.165) is 30.1 Å². The Balaban J connectivity index is 2.48. The monoisotopic (exact) mass is 246 g/mol. The first-order chi connectivity index (χ1) is 8.19. The van der Waals surface area contributed by atoms with Crippen LogP contribution in [0.1, 0.15) is 24.9 Å². The second-order valence-corrected chi connectivity index (χ2v) is 4.25. The van der Waals surface area contributed by atoms with Gasteiger partial charge in [0.1, 0.15) is 16.2 Å². The van der Waals surface area contributed by atoms with Gasteiger partial charge in [-0.15, -0.1) is 0 Å². The smallest absolute Gasteiger partial charge is 0.157 e. The van der Waals surface area contributed by atoms with E-state index in [-0.39, 0.29) is 0 Å². The molecule has 17 heavy (non-hydrogen) atoms. The molecule has 88 valence electrons. The van der Waals surface area contributed by atoms with Crippen molar-refractivity contribution in [2.24, 2.45) is 0 Å². The number of aromatic nitrogens is 4. The van der Waals surface area contributed by atoms with Gasteiger partial charge in [-0.3, -0.25) is 0 Å². The first-order valence-corrected chi connectivity index (χ1v) is 6.00. The van der Waals surface area contributed by atoms with Gasteiger partial charge < -0.3 is 4.98 Å². The first-order valence-electron chi connectivity index (χ1n) is 5.59. The van der Waals surface area contributed by atoms with E-state index >= 15 is 0 Å². The van der Waals surface area contributed by atoms with Crippen molar-refractivity contribution >= 4 is 12.2 Å². The summed E-state index contributed by atoms with van der Waals surface area (Å²) in [5.74, 6) is 1.44. The summed E-state index contributed by atoms with van der Waals surface area (Å²) in [7, 11) is 0. The summed E-state index contributed by atoms with van der Waals surface area (Å²) in [5.41, 5.74) is 1.88. The van der Waals surface area contributed by atoms with Crippen molar-refractivity contribution in [3.05, 3.63) is 34.5 Å². The van der Waals surface area contributed by atoms with Crippen LogP contribution in [0, 0.1) is 11.6 Å². The fourth-order valence-electron chi connectivity index (χ4n) is 1.62. The molecule has 2 aromatic heterocycles. The van der Waals surface area contributed by atoms with Crippen molar-refractivity contribution < 1.29 is 0 Å². The van der Waals surface area contributed by atoms with Crippen LogP contribution >= 0.6 is 12.2 Å². The number of nitrogens with zero attached hydrogens (tertiary/aromatic N) is 3. The lowest BCUT2D eigenvalue weighted by molar-refractivity contribution is 0.870. The van der Waals surface area contributed by atoms with E-state index in [1.165, 1.54) is 0 Å². The van der Waals surface area contributed by atoms with Crippen LogP contribution in [0.2, 0.25) is 0 Å². The molecule has 0 fully saturated rings. The maximum Gasteiger partial charge on any atom is 0.157 e. The minimum Gasteiger partial charge on any atom is -0.342 e. The summed E-state index contributed by atoms with van der Waals surface area (Å²) in [6.45, 7) is 3.99. The van der Waals surface area contributed by atoms with E-state index in [9.17, 15) is 0 Å². The van der Waals surface area contributed by atoms with E-state index < -0.39 is 0 Å². The highest BCUT2D eigenvalue weighted by Crippen LogP contribution is 2.12. The molecule has 0 bridgehead atoms. The fourth-order valence-corrected chi connectivity index (χ4v) is 1.85. The highest BCUT2D eigenvalue weighted by atomic mass is 32.1. The molecule has 2 rings (SSSR count). The summed E-state index contributed by atoms with van der Waals surface area (Å²) in [6, 6.07) is 3.73. The third-order valence-electron chi connectivity index (χ3n) is 2.34. The van der Waals surface area contributed by atoms with Crippen LogP contribution < -0.4 is 0 Å². The Morgan fingerprint density at radius 3 is 2.88 bits per heavy atom. The molecule has 0 aromatic carbocycles. The number of aryl methyl sites for hydroxylation is 2. The molecule has 0 radical (unpaired) electrons. The highest BCUT2D eigenvalue weighted by molar-refractivity contribution is 7.71. The minimum absolute atomic E-state index is 0.596. The molecule has 0 unspecified atom stereocenters. The van der Waals surface area contributed by atoms with Gasteiger partial charge in [0.2, 0.25) is 0 Å². The van der Waals surface area contributed by atoms with Crippen molar-refractivity contribution in [1.82, 2.24) is 19.9 Å². The van der Waals surface area contributed by atoms with Crippen LogP contribution in [0.5, 0.6) is 0 Å². The number of rotatable bonds is 3. The largest absolute Gasteiger partial charge is 0.342 e. The molecule has 4 nitrogen and oxygen atoms in total. The molecule has 0 saturated heterocycles. The second kappa shape index (κ2) is 5.14. The van der Waals surface area contributed by atoms with E-state index in [2.05, 4.69) is 26.9 Å². The predicted molar refractivity (Wildman–Crippen MR) is 69.2 cm³/mol. The predicted octanol–water partition coefficient (Wildman–Crippen LogP) is 2.86. The van der Waals surface area contributed by atoms with E-state index in [0.29, 0.717) is 10.5 Å². The van der Waals surface area contributed by atoms with Crippen molar-refractivity contribution in [2.45, 2.75) is 26.7 Å². The molecule has 0 aliphatic carbocycles. The lowest BCUT2D eigenvalue weighted by Crippen LogP contribution is -1.98. The van der Waals surface area contributed by atoms with Crippen molar-refractivity contribution in [3.63, 3.8) is 0 Å². The molecule has 0 aliphatic heterocycles. The maximum atomic E-state index is 5.16. The summed E-state index contributed by atoms with van der Waals surface area (Å²) in [4.78, 5) is 16.0. The first kappa shape index (κ1) is 11.9. The summed E-state index contributed by atoms with van der Waals surface area (Å²) >= 11 is 5.16. The van der Waals surface area contributed by atoms with Crippen LogP contribution in [0.25, 0.3) is 11.5 Å². The molecule has 0 amide bonds. The average molecular weight is 246 g/mol. The lowest BCUT2D eigenvalue weighted by Gasteiger charge is -2.04. The summed E-state index contributed by atoms with van der Waals surface area (Å²) in [5, 5.41) is 0. The van der Waals surface area contributed by atoms with Gasteiger partial charge in [-0.25, -0.2) is 15.0 Å². The van der Waals surface area contributed by atoms with Crippen LogP contribution in [-0.4, -0.2) is 19.9 Å². The number of nitrogens with one attached hydrogen (secondary N) is 1. The Morgan fingerprint density at radius 2 is 2.18 bits per heavy atom. The summed E-state index contributed by atoms with van der Waals surface area (Å²) in [6.07, 6.45) is 3.75. The number of aromatic amines is 1. The Labute approximate surface area is 105 Å². The fraction of sp³-hybridized carbons (Fsp3) is 0.333. The van der Waals surface area contributed by atoms with Crippen LogP contribution in [-0.2, 0) is 6.42 Å². The molecule has 2 aromatic rings. The molecule has 0 spiro atoms. The topological polar surface area (TPSA) is 54.5 Å². The average Bonchev–Trinajstić information content (AvgIpc) is 2.28. The minimum atomic E-state index is 0.596. The molecule has 0 aliphatic rings. The molecule has 2 heterocycles. The Morgan fingerprint density at radius 1 is 1.35 bits per heavy atom.